The number of aromatic nitrogens is 4. The van der Waals surface area contributed by atoms with Gasteiger partial charge in [-0.15, -0.1) is 0 Å². The number of nitrogens with zero attached hydrogens (tertiary/aromatic N) is 4. The normalized spacial score (nSPS) is 11.5. The van der Waals surface area contributed by atoms with Gasteiger partial charge in [0, 0.05) is 5.56 Å². The third kappa shape index (κ3) is 3.12. The Labute approximate surface area is 145 Å². The van der Waals surface area contributed by atoms with Gasteiger partial charge >= 0.3 is 6.55 Å². The van der Waals surface area contributed by atoms with Crippen LogP contribution in [0.4, 0.5) is 8.78 Å². The fraction of sp³-hybridized carbons (Fsp3) is 0.118. The van der Waals surface area contributed by atoms with Crippen LogP contribution in [0.5, 0.6) is 0 Å². The van der Waals surface area contributed by atoms with Gasteiger partial charge < -0.3 is 4.52 Å². The van der Waals surface area contributed by atoms with Gasteiger partial charge in [-0.05, 0) is 24.3 Å². The maximum atomic E-state index is 13.4. The van der Waals surface area contributed by atoms with Gasteiger partial charge in [-0.3, -0.25) is 4.57 Å². The molecule has 0 fully saturated rings. The summed E-state index contributed by atoms with van der Waals surface area (Å²) in [6.45, 7) is -2.67. The second kappa shape index (κ2) is 6.64. The van der Waals surface area contributed by atoms with Crippen LogP contribution < -0.4 is 0 Å². The summed E-state index contributed by atoms with van der Waals surface area (Å²) >= 11 is 1.15. The number of imidazole rings is 1. The molecule has 5 nitrogen and oxygen atoms in total. The number of rotatable bonds is 5. The van der Waals surface area contributed by atoms with Crippen molar-refractivity contribution in [2.75, 3.05) is 0 Å². The lowest BCUT2D eigenvalue weighted by molar-refractivity contribution is 0.0656. The molecular formula is C17H12F2N4OS. The van der Waals surface area contributed by atoms with Gasteiger partial charge in [0.25, 0.3) is 5.89 Å². The number of hydrogen-bond donors (Lipinski definition) is 0. The molecule has 0 saturated carbocycles. The monoisotopic (exact) mass is 358 g/mol. The number of fused-ring (bicyclic) bond motifs is 1. The van der Waals surface area contributed by atoms with Crippen molar-refractivity contribution in [1.29, 1.82) is 0 Å². The van der Waals surface area contributed by atoms with Gasteiger partial charge in [0.15, 0.2) is 11.0 Å². The zero-order valence-electron chi connectivity index (χ0n) is 12.8. The van der Waals surface area contributed by atoms with E-state index in [0.29, 0.717) is 22.7 Å². The molecule has 25 heavy (non-hydrogen) atoms. The minimum atomic E-state index is -2.67. The molecule has 4 aromatic rings. The largest absolute Gasteiger partial charge is 0.334 e. The highest BCUT2D eigenvalue weighted by atomic mass is 32.2. The van der Waals surface area contributed by atoms with Crippen LogP contribution in [0.3, 0.4) is 0 Å². The first-order chi connectivity index (χ1) is 12.2. The van der Waals surface area contributed by atoms with Crippen molar-refractivity contribution in [2.24, 2.45) is 0 Å². The topological polar surface area (TPSA) is 56.7 Å². The van der Waals surface area contributed by atoms with Gasteiger partial charge in [-0.1, -0.05) is 47.3 Å². The lowest BCUT2D eigenvalue weighted by Crippen LogP contribution is -2.00. The van der Waals surface area contributed by atoms with E-state index in [2.05, 4.69) is 15.1 Å². The summed E-state index contributed by atoms with van der Waals surface area (Å²) in [6, 6.07) is 16.2. The van der Waals surface area contributed by atoms with Crippen LogP contribution in [0.1, 0.15) is 12.4 Å². The third-order valence-electron chi connectivity index (χ3n) is 3.58. The van der Waals surface area contributed by atoms with Crippen LogP contribution in [0.2, 0.25) is 0 Å². The molecule has 0 aliphatic carbocycles. The molecule has 0 radical (unpaired) electrons. The average molecular weight is 358 g/mol. The highest BCUT2D eigenvalue weighted by Crippen LogP contribution is 2.30. The van der Waals surface area contributed by atoms with Crippen LogP contribution >= 0.6 is 11.8 Å². The zero-order chi connectivity index (χ0) is 17.2. The number of thioether (sulfide) groups is 1. The maximum absolute atomic E-state index is 13.4. The summed E-state index contributed by atoms with van der Waals surface area (Å²) in [5.41, 5.74) is 1.74. The zero-order valence-corrected chi connectivity index (χ0v) is 13.7. The molecule has 0 aliphatic heterocycles. The predicted octanol–water partition coefficient (Wildman–Crippen LogP) is 4.77. The van der Waals surface area contributed by atoms with Crippen LogP contribution in [0.15, 0.2) is 64.3 Å². The molecule has 8 heteroatoms. The lowest BCUT2D eigenvalue weighted by atomic mass is 10.2. The molecule has 0 atom stereocenters. The van der Waals surface area contributed by atoms with E-state index < -0.39 is 6.55 Å². The Morgan fingerprint density at radius 2 is 1.76 bits per heavy atom. The van der Waals surface area contributed by atoms with Gasteiger partial charge in [0.2, 0.25) is 0 Å². The van der Waals surface area contributed by atoms with E-state index in [-0.39, 0.29) is 10.9 Å². The van der Waals surface area contributed by atoms with E-state index in [1.807, 2.05) is 30.3 Å². The summed E-state index contributed by atoms with van der Waals surface area (Å²) in [7, 11) is 0. The van der Waals surface area contributed by atoms with Crippen molar-refractivity contribution < 1.29 is 13.3 Å². The molecule has 2 aromatic carbocycles. The van der Waals surface area contributed by atoms with E-state index in [1.165, 1.54) is 0 Å². The van der Waals surface area contributed by atoms with Crippen molar-refractivity contribution in [2.45, 2.75) is 17.5 Å². The molecule has 0 N–H and O–H groups in total. The first-order valence-corrected chi connectivity index (χ1v) is 8.47. The lowest BCUT2D eigenvalue weighted by Gasteiger charge is -2.05. The van der Waals surface area contributed by atoms with Crippen molar-refractivity contribution in [1.82, 2.24) is 19.7 Å². The molecule has 126 valence electrons. The summed E-state index contributed by atoms with van der Waals surface area (Å²) < 4.78 is 32.9. The molecule has 0 saturated heterocycles. The Morgan fingerprint density at radius 3 is 2.56 bits per heavy atom. The molecule has 2 heterocycles. The first-order valence-electron chi connectivity index (χ1n) is 7.48. The highest BCUT2D eigenvalue weighted by Gasteiger charge is 2.19. The third-order valence-corrected chi connectivity index (χ3v) is 4.53. The van der Waals surface area contributed by atoms with E-state index >= 15 is 0 Å². The fourth-order valence-electron chi connectivity index (χ4n) is 2.45. The molecule has 0 spiro atoms. The van der Waals surface area contributed by atoms with E-state index in [1.54, 1.807) is 24.3 Å². The quantitative estimate of drug-likeness (QED) is 0.481. The van der Waals surface area contributed by atoms with Gasteiger partial charge in [0.05, 0.1) is 16.8 Å². The van der Waals surface area contributed by atoms with Crippen molar-refractivity contribution in [3.63, 3.8) is 0 Å². The Hall–Kier alpha value is -2.74. The summed E-state index contributed by atoms with van der Waals surface area (Å²) in [5.74, 6) is 1.11. The second-order valence-corrected chi connectivity index (χ2v) is 6.14. The van der Waals surface area contributed by atoms with Crippen molar-refractivity contribution in [3.05, 3.63) is 60.4 Å². The Balaban J connectivity index is 1.57. The molecule has 0 bridgehead atoms. The molecule has 4 rings (SSSR count). The van der Waals surface area contributed by atoms with Crippen molar-refractivity contribution >= 4 is 22.8 Å². The predicted molar refractivity (Wildman–Crippen MR) is 90.3 cm³/mol. The maximum Gasteiger partial charge on any atom is 0.321 e. The minimum absolute atomic E-state index is 0.224. The molecule has 2 aromatic heterocycles. The Bertz CT molecular complexity index is 1000. The average Bonchev–Trinajstić information content (AvgIpc) is 3.25. The van der Waals surface area contributed by atoms with Crippen molar-refractivity contribution in [3.8, 4) is 11.5 Å². The van der Waals surface area contributed by atoms with Gasteiger partial charge in [-0.25, -0.2) is 4.98 Å². The Morgan fingerprint density at radius 1 is 1.00 bits per heavy atom. The first kappa shape index (κ1) is 15.8. The van der Waals surface area contributed by atoms with E-state index in [4.69, 9.17) is 4.52 Å². The molecule has 0 aliphatic rings. The smallest absolute Gasteiger partial charge is 0.321 e. The molecule has 0 unspecified atom stereocenters. The number of para-hydroxylation sites is 2. The highest BCUT2D eigenvalue weighted by molar-refractivity contribution is 7.98. The SMILES string of the molecule is FC(F)n1c(SCc2noc(-c3ccccc3)n2)nc2ccccc21. The van der Waals surface area contributed by atoms with Gasteiger partial charge in [0.1, 0.15) is 0 Å². The molecule has 0 amide bonds. The van der Waals surface area contributed by atoms with Gasteiger partial charge in [-0.2, -0.15) is 13.8 Å². The summed E-state index contributed by atoms with van der Waals surface area (Å²) in [6.07, 6.45) is 0. The minimum Gasteiger partial charge on any atom is -0.334 e. The summed E-state index contributed by atoms with van der Waals surface area (Å²) in [5, 5.41) is 4.13. The standard InChI is InChI=1S/C17H12F2N4OS/c18-16(19)23-13-9-5-4-8-12(13)20-17(23)25-10-14-21-15(24-22-14)11-6-2-1-3-7-11/h1-9,16H,10H2. The van der Waals surface area contributed by atoms with E-state index in [9.17, 15) is 8.78 Å². The Kier molecular flexibility index (Phi) is 4.19. The van der Waals surface area contributed by atoms with Crippen LogP contribution in [0.25, 0.3) is 22.5 Å². The number of hydrogen-bond acceptors (Lipinski definition) is 5. The summed E-state index contributed by atoms with van der Waals surface area (Å²) in [4.78, 5) is 8.57. The fourth-order valence-corrected chi connectivity index (χ4v) is 3.31. The number of benzene rings is 2. The van der Waals surface area contributed by atoms with Crippen LogP contribution in [-0.4, -0.2) is 19.7 Å². The van der Waals surface area contributed by atoms with Crippen LogP contribution in [0, 0.1) is 0 Å². The number of halogens is 2. The van der Waals surface area contributed by atoms with Crippen LogP contribution in [-0.2, 0) is 5.75 Å². The molecular weight excluding hydrogens is 346 g/mol. The number of alkyl halides is 2. The van der Waals surface area contributed by atoms with E-state index in [0.717, 1.165) is 21.9 Å². The second-order valence-electron chi connectivity index (χ2n) is 5.20.